The molecule has 0 spiro atoms. The molecule has 0 aliphatic rings. The zero-order valence-electron chi connectivity index (χ0n) is 13.1. The molecular formula is C16H12BrF3N4O2. The van der Waals surface area contributed by atoms with Gasteiger partial charge in [0.1, 0.15) is 0 Å². The van der Waals surface area contributed by atoms with Gasteiger partial charge in [-0.15, -0.1) is 0 Å². The van der Waals surface area contributed by atoms with Gasteiger partial charge in [0.2, 0.25) is 0 Å². The maximum absolute atomic E-state index is 13.0. The van der Waals surface area contributed by atoms with Gasteiger partial charge < -0.3 is 10.4 Å². The summed E-state index contributed by atoms with van der Waals surface area (Å²) in [5, 5.41) is 25.4. The summed E-state index contributed by atoms with van der Waals surface area (Å²) in [6.07, 6.45) is -0.850. The van der Waals surface area contributed by atoms with Crippen LogP contribution >= 0.6 is 15.9 Å². The Bertz CT molecular complexity index is 888. The first kappa shape index (κ1) is 19.7. The van der Waals surface area contributed by atoms with Crippen LogP contribution in [0.5, 0.6) is 0 Å². The van der Waals surface area contributed by atoms with Crippen molar-refractivity contribution >= 4 is 27.5 Å². The van der Waals surface area contributed by atoms with E-state index in [0.717, 1.165) is 18.2 Å². The van der Waals surface area contributed by atoms with Crippen molar-refractivity contribution in [1.29, 1.82) is 5.26 Å². The first-order chi connectivity index (χ1) is 12.1. The molecule has 0 saturated heterocycles. The number of hydrogen-bond acceptors (Lipinski definition) is 4. The highest BCUT2D eigenvalue weighted by Gasteiger charge is 2.36. The van der Waals surface area contributed by atoms with Gasteiger partial charge in [-0.05, 0) is 40.2 Å². The molecule has 2 aromatic rings. The van der Waals surface area contributed by atoms with E-state index >= 15 is 0 Å². The van der Waals surface area contributed by atoms with Crippen molar-refractivity contribution in [1.82, 2.24) is 9.78 Å². The lowest BCUT2D eigenvalue weighted by atomic mass is 10.0. The summed E-state index contributed by atoms with van der Waals surface area (Å²) in [5.41, 5.74) is -4.09. The Hall–Kier alpha value is -2.64. The van der Waals surface area contributed by atoms with Gasteiger partial charge in [0.15, 0.2) is 5.60 Å². The standard InChI is InChI=1S/C16H12BrF3N4O2/c1-2-15(26,9-24-8-11(17)7-22-24)14(25)23-12-4-3-10(6-21)13(5-12)16(18,19)20/h2-5,7-8,26H,1,9H2,(H,23,25). The van der Waals surface area contributed by atoms with Gasteiger partial charge in [0.25, 0.3) is 5.91 Å². The van der Waals surface area contributed by atoms with Crippen LogP contribution < -0.4 is 5.32 Å². The Labute approximate surface area is 154 Å². The fourth-order valence-corrected chi connectivity index (χ4v) is 2.42. The van der Waals surface area contributed by atoms with E-state index in [0.29, 0.717) is 10.5 Å². The topological polar surface area (TPSA) is 90.9 Å². The molecule has 0 aliphatic heterocycles. The van der Waals surface area contributed by atoms with E-state index in [-0.39, 0.29) is 12.2 Å². The van der Waals surface area contributed by atoms with E-state index in [1.165, 1.54) is 23.1 Å². The lowest BCUT2D eigenvalue weighted by Gasteiger charge is -2.23. The van der Waals surface area contributed by atoms with E-state index in [9.17, 15) is 23.1 Å². The van der Waals surface area contributed by atoms with Gasteiger partial charge in [0, 0.05) is 11.9 Å². The van der Waals surface area contributed by atoms with Crippen LogP contribution in [0.15, 0.2) is 47.7 Å². The number of nitrogens with zero attached hydrogens (tertiary/aromatic N) is 3. The fraction of sp³-hybridized carbons (Fsp3) is 0.188. The van der Waals surface area contributed by atoms with E-state index in [4.69, 9.17) is 5.26 Å². The van der Waals surface area contributed by atoms with Crippen LogP contribution in [-0.4, -0.2) is 26.4 Å². The highest BCUT2D eigenvalue weighted by Crippen LogP contribution is 2.33. The molecular weight excluding hydrogens is 417 g/mol. The normalized spacial score (nSPS) is 13.5. The molecule has 1 aromatic heterocycles. The molecule has 1 aromatic carbocycles. The molecule has 1 amide bonds. The molecule has 6 nitrogen and oxygen atoms in total. The van der Waals surface area contributed by atoms with Gasteiger partial charge in [-0.25, -0.2) is 0 Å². The number of carbonyl (C=O) groups excluding carboxylic acids is 1. The molecule has 10 heteroatoms. The molecule has 1 unspecified atom stereocenters. The van der Waals surface area contributed by atoms with Gasteiger partial charge >= 0.3 is 6.18 Å². The van der Waals surface area contributed by atoms with Gasteiger partial charge in [-0.2, -0.15) is 23.5 Å². The summed E-state index contributed by atoms with van der Waals surface area (Å²) < 4.78 is 40.9. The second kappa shape index (κ2) is 7.31. The summed E-state index contributed by atoms with van der Waals surface area (Å²) in [4.78, 5) is 12.4. The lowest BCUT2D eigenvalue weighted by molar-refractivity contribution is -0.137. The van der Waals surface area contributed by atoms with Gasteiger partial charge in [-0.3, -0.25) is 9.48 Å². The summed E-state index contributed by atoms with van der Waals surface area (Å²) >= 11 is 3.17. The third-order valence-corrected chi connectivity index (χ3v) is 3.85. The third-order valence-electron chi connectivity index (χ3n) is 3.44. The molecule has 2 rings (SSSR count). The Morgan fingerprint density at radius 1 is 1.50 bits per heavy atom. The lowest BCUT2D eigenvalue weighted by Crippen LogP contribution is -2.44. The number of nitriles is 1. The minimum Gasteiger partial charge on any atom is -0.374 e. The minimum absolute atomic E-state index is 0.219. The predicted octanol–water partition coefficient (Wildman–Crippen LogP) is 3.09. The van der Waals surface area contributed by atoms with Gasteiger partial charge in [-0.1, -0.05) is 6.58 Å². The molecule has 2 N–H and O–H groups in total. The van der Waals surface area contributed by atoms with Crippen LogP contribution in [-0.2, 0) is 17.5 Å². The first-order valence-corrected chi connectivity index (χ1v) is 7.85. The second-order valence-corrected chi connectivity index (χ2v) is 6.22. The van der Waals surface area contributed by atoms with E-state index in [1.807, 2.05) is 0 Å². The number of rotatable bonds is 5. The van der Waals surface area contributed by atoms with Crippen molar-refractivity contribution < 1.29 is 23.1 Å². The van der Waals surface area contributed by atoms with Crippen molar-refractivity contribution in [2.75, 3.05) is 5.32 Å². The Morgan fingerprint density at radius 3 is 2.69 bits per heavy atom. The molecule has 1 atom stereocenters. The Balaban J connectivity index is 2.27. The number of aromatic nitrogens is 2. The summed E-state index contributed by atoms with van der Waals surface area (Å²) in [7, 11) is 0. The highest BCUT2D eigenvalue weighted by molar-refractivity contribution is 9.10. The quantitative estimate of drug-likeness (QED) is 0.715. The average Bonchev–Trinajstić information content (AvgIpc) is 2.98. The average molecular weight is 429 g/mol. The summed E-state index contributed by atoms with van der Waals surface area (Å²) in [5.74, 6) is -0.989. The van der Waals surface area contributed by atoms with Crippen molar-refractivity contribution in [2.45, 2.75) is 18.3 Å². The van der Waals surface area contributed by atoms with E-state index in [2.05, 4.69) is 32.9 Å². The fourth-order valence-electron chi connectivity index (χ4n) is 2.09. The Morgan fingerprint density at radius 2 is 2.19 bits per heavy atom. The zero-order chi connectivity index (χ0) is 19.5. The number of nitrogens with one attached hydrogen (secondary N) is 1. The number of aliphatic hydroxyl groups is 1. The molecule has 0 saturated carbocycles. The number of hydrogen-bond donors (Lipinski definition) is 2. The minimum atomic E-state index is -4.76. The van der Waals surface area contributed by atoms with E-state index < -0.39 is 28.8 Å². The second-order valence-electron chi connectivity index (χ2n) is 5.31. The number of alkyl halides is 3. The van der Waals surface area contributed by atoms with Crippen molar-refractivity contribution in [3.63, 3.8) is 0 Å². The summed E-state index contributed by atoms with van der Waals surface area (Å²) in [6.45, 7) is 3.10. The number of benzene rings is 1. The van der Waals surface area contributed by atoms with Crippen LogP contribution in [0.4, 0.5) is 18.9 Å². The van der Waals surface area contributed by atoms with Crippen LogP contribution in [0.3, 0.4) is 0 Å². The van der Waals surface area contributed by atoms with Crippen LogP contribution in [0.25, 0.3) is 0 Å². The number of anilines is 1. The first-order valence-electron chi connectivity index (χ1n) is 7.06. The maximum atomic E-state index is 13.0. The van der Waals surface area contributed by atoms with E-state index in [1.54, 1.807) is 0 Å². The molecule has 1 heterocycles. The monoisotopic (exact) mass is 428 g/mol. The van der Waals surface area contributed by atoms with Crippen molar-refractivity contribution in [3.05, 3.63) is 58.8 Å². The summed E-state index contributed by atoms with van der Waals surface area (Å²) in [6, 6.07) is 4.15. The molecule has 26 heavy (non-hydrogen) atoms. The number of carbonyl (C=O) groups is 1. The van der Waals surface area contributed by atoms with Crippen molar-refractivity contribution in [3.8, 4) is 6.07 Å². The largest absolute Gasteiger partial charge is 0.417 e. The van der Waals surface area contributed by atoms with Crippen LogP contribution in [0, 0.1) is 11.3 Å². The third kappa shape index (κ3) is 4.30. The predicted molar refractivity (Wildman–Crippen MR) is 89.9 cm³/mol. The molecule has 0 bridgehead atoms. The smallest absolute Gasteiger partial charge is 0.374 e. The molecule has 0 aliphatic carbocycles. The van der Waals surface area contributed by atoms with Crippen LogP contribution in [0.2, 0.25) is 0 Å². The SMILES string of the molecule is C=CC(O)(Cn1cc(Br)cn1)C(=O)Nc1ccc(C#N)c(C(F)(F)F)c1. The van der Waals surface area contributed by atoms with Gasteiger partial charge in [0.05, 0.1) is 34.4 Å². The number of halogens is 4. The maximum Gasteiger partial charge on any atom is 0.417 e. The van der Waals surface area contributed by atoms with Crippen LogP contribution in [0.1, 0.15) is 11.1 Å². The molecule has 0 fully saturated rings. The Kier molecular flexibility index (Phi) is 5.53. The molecule has 136 valence electrons. The van der Waals surface area contributed by atoms with Crippen molar-refractivity contribution in [2.24, 2.45) is 0 Å². The zero-order valence-corrected chi connectivity index (χ0v) is 14.7. The highest BCUT2D eigenvalue weighted by atomic mass is 79.9. The number of amides is 1. The molecule has 0 radical (unpaired) electrons.